The summed E-state index contributed by atoms with van der Waals surface area (Å²) in [5, 5.41) is 2.99. The summed E-state index contributed by atoms with van der Waals surface area (Å²) in [5.41, 5.74) is 4.22. The smallest absolute Gasteiger partial charge is 0.244 e. The highest BCUT2D eigenvalue weighted by atomic mass is 16.5. The maximum Gasteiger partial charge on any atom is 0.244 e. The van der Waals surface area contributed by atoms with E-state index in [0.29, 0.717) is 17.2 Å². The van der Waals surface area contributed by atoms with Gasteiger partial charge in [-0.15, -0.1) is 0 Å². The lowest BCUT2D eigenvalue weighted by molar-refractivity contribution is -0.117. The van der Waals surface area contributed by atoms with Crippen LogP contribution in [-0.2, 0) is 4.79 Å². The Morgan fingerprint density at radius 3 is 1.96 bits per heavy atom. The van der Waals surface area contributed by atoms with Crippen molar-refractivity contribution in [3.63, 3.8) is 0 Å². The fourth-order valence-electron chi connectivity index (χ4n) is 2.97. The van der Waals surface area contributed by atoms with Crippen LogP contribution in [0.25, 0.3) is 6.08 Å². The van der Waals surface area contributed by atoms with E-state index in [4.69, 9.17) is 14.2 Å². The van der Waals surface area contributed by atoms with Crippen LogP contribution in [0.4, 0.5) is 0 Å². The Labute approximate surface area is 161 Å². The molecule has 27 heavy (non-hydrogen) atoms. The molecule has 1 amide bonds. The minimum absolute atomic E-state index is 0.0827. The number of methoxy groups -OCH3 is 3. The summed E-state index contributed by atoms with van der Waals surface area (Å²) in [4.78, 5) is 12.3. The van der Waals surface area contributed by atoms with Crippen molar-refractivity contribution in [3.05, 3.63) is 58.7 Å². The van der Waals surface area contributed by atoms with E-state index in [9.17, 15) is 4.79 Å². The maximum atomic E-state index is 12.3. The van der Waals surface area contributed by atoms with Crippen LogP contribution in [-0.4, -0.2) is 27.2 Å². The highest BCUT2D eigenvalue weighted by molar-refractivity contribution is 5.92. The zero-order valence-corrected chi connectivity index (χ0v) is 16.8. The van der Waals surface area contributed by atoms with Gasteiger partial charge in [-0.2, -0.15) is 0 Å². The second-order valence-corrected chi connectivity index (χ2v) is 6.44. The maximum absolute atomic E-state index is 12.3. The molecular formula is C22H27NO4. The van der Waals surface area contributed by atoms with Crippen LogP contribution < -0.4 is 19.5 Å². The van der Waals surface area contributed by atoms with Gasteiger partial charge in [0.25, 0.3) is 0 Å². The standard InChI is InChI=1S/C22H27NO4/c1-14-9-15(2)11-18(10-14)16(3)23-21(24)8-7-17-12-19(25-4)22(27-6)20(13-17)26-5/h7-13,16H,1-6H3,(H,23,24). The van der Waals surface area contributed by atoms with Crippen molar-refractivity contribution in [3.8, 4) is 17.2 Å². The van der Waals surface area contributed by atoms with Crippen molar-refractivity contribution < 1.29 is 19.0 Å². The van der Waals surface area contributed by atoms with Crippen molar-refractivity contribution in [1.82, 2.24) is 5.32 Å². The fraction of sp³-hybridized carbons (Fsp3) is 0.318. The molecule has 0 spiro atoms. The molecule has 0 aliphatic heterocycles. The van der Waals surface area contributed by atoms with Crippen LogP contribution in [0.3, 0.4) is 0 Å². The summed E-state index contributed by atoms with van der Waals surface area (Å²) in [5.74, 6) is 1.43. The van der Waals surface area contributed by atoms with Gasteiger partial charge >= 0.3 is 0 Å². The Balaban J connectivity index is 2.14. The van der Waals surface area contributed by atoms with Crippen LogP contribution in [0.1, 0.15) is 35.2 Å². The summed E-state index contributed by atoms with van der Waals surface area (Å²) in [6.07, 6.45) is 3.22. The van der Waals surface area contributed by atoms with E-state index >= 15 is 0 Å². The Hall–Kier alpha value is -2.95. The monoisotopic (exact) mass is 369 g/mol. The number of hydrogen-bond donors (Lipinski definition) is 1. The van der Waals surface area contributed by atoms with Crippen LogP contribution in [0.15, 0.2) is 36.4 Å². The summed E-state index contributed by atoms with van der Waals surface area (Å²) >= 11 is 0. The second kappa shape index (κ2) is 9.12. The number of ether oxygens (including phenoxy) is 3. The van der Waals surface area contributed by atoms with Gasteiger partial charge in [-0.1, -0.05) is 29.3 Å². The zero-order valence-electron chi connectivity index (χ0n) is 16.8. The fourth-order valence-corrected chi connectivity index (χ4v) is 2.97. The van der Waals surface area contributed by atoms with Crippen LogP contribution in [0.2, 0.25) is 0 Å². The summed E-state index contributed by atoms with van der Waals surface area (Å²) in [7, 11) is 4.67. The number of carbonyl (C=O) groups is 1. The molecule has 0 aliphatic carbocycles. The molecule has 0 saturated heterocycles. The highest BCUT2D eigenvalue weighted by Gasteiger charge is 2.13. The van der Waals surface area contributed by atoms with E-state index in [1.807, 2.05) is 6.92 Å². The van der Waals surface area contributed by atoms with Crippen molar-refractivity contribution in [2.45, 2.75) is 26.8 Å². The van der Waals surface area contributed by atoms with E-state index in [-0.39, 0.29) is 11.9 Å². The van der Waals surface area contributed by atoms with Crippen LogP contribution in [0, 0.1) is 13.8 Å². The lowest BCUT2D eigenvalue weighted by Crippen LogP contribution is -2.24. The highest BCUT2D eigenvalue weighted by Crippen LogP contribution is 2.38. The van der Waals surface area contributed by atoms with Crippen molar-refractivity contribution in [2.24, 2.45) is 0 Å². The molecule has 0 aliphatic rings. The topological polar surface area (TPSA) is 56.8 Å². The van der Waals surface area contributed by atoms with Gasteiger partial charge in [0.2, 0.25) is 11.7 Å². The average Bonchev–Trinajstić information content (AvgIpc) is 2.64. The SMILES string of the molecule is COc1cc(C=CC(=O)NC(C)c2cc(C)cc(C)c2)cc(OC)c1OC. The minimum Gasteiger partial charge on any atom is -0.493 e. The molecule has 1 N–H and O–H groups in total. The van der Waals surface area contributed by atoms with Gasteiger partial charge < -0.3 is 19.5 Å². The van der Waals surface area contributed by atoms with E-state index < -0.39 is 0 Å². The minimum atomic E-state index is -0.171. The first-order valence-corrected chi connectivity index (χ1v) is 8.74. The average molecular weight is 369 g/mol. The first kappa shape index (κ1) is 20.4. The molecule has 0 heterocycles. The molecule has 0 radical (unpaired) electrons. The normalized spacial score (nSPS) is 11.9. The second-order valence-electron chi connectivity index (χ2n) is 6.44. The van der Waals surface area contributed by atoms with E-state index in [1.165, 1.54) is 17.2 Å². The quantitative estimate of drug-likeness (QED) is 0.743. The lowest BCUT2D eigenvalue weighted by atomic mass is 10.0. The van der Waals surface area contributed by atoms with E-state index in [0.717, 1.165) is 11.1 Å². The van der Waals surface area contributed by atoms with Crippen LogP contribution in [0.5, 0.6) is 17.2 Å². The van der Waals surface area contributed by atoms with Crippen molar-refractivity contribution >= 4 is 12.0 Å². The number of hydrogen-bond acceptors (Lipinski definition) is 4. The first-order valence-electron chi connectivity index (χ1n) is 8.74. The first-order chi connectivity index (χ1) is 12.9. The number of carbonyl (C=O) groups excluding carboxylic acids is 1. The molecule has 2 aromatic carbocycles. The summed E-state index contributed by atoms with van der Waals surface area (Å²) in [6.45, 7) is 6.07. The lowest BCUT2D eigenvalue weighted by Gasteiger charge is -2.15. The molecular weight excluding hydrogens is 342 g/mol. The largest absolute Gasteiger partial charge is 0.493 e. The molecule has 1 atom stereocenters. The van der Waals surface area contributed by atoms with Gasteiger partial charge in [-0.25, -0.2) is 0 Å². The number of nitrogens with one attached hydrogen (secondary N) is 1. The predicted molar refractivity (Wildman–Crippen MR) is 108 cm³/mol. The molecule has 0 saturated carbocycles. The van der Waals surface area contributed by atoms with Gasteiger partial charge in [0.05, 0.1) is 27.4 Å². The van der Waals surface area contributed by atoms with Gasteiger partial charge in [0, 0.05) is 6.08 Å². The number of aryl methyl sites for hydroxylation is 2. The summed E-state index contributed by atoms with van der Waals surface area (Å²) in [6, 6.07) is 9.78. The third-order valence-corrected chi connectivity index (χ3v) is 4.22. The van der Waals surface area contributed by atoms with Gasteiger partial charge in [-0.3, -0.25) is 4.79 Å². The number of benzene rings is 2. The molecule has 0 aromatic heterocycles. The Morgan fingerprint density at radius 1 is 0.926 bits per heavy atom. The Kier molecular flexibility index (Phi) is 6.88. The van der Waals surface area contributed by atoms with Crippen molar-refractivity contribution in [1.29, 1.82) is 0 Å². The van der Waals surface area contributed by atoms with Gasteiger partial charge in [0.15, 0.2) is 11.5 Å². The molecule has 5 nitrogen and oxygen atoms in total. The molecule has 0 fully saturated rings. The Morgan fingerprint density at radius 2 is 1.48 bits per heavy atom. The van der Waals surface area contributed by atoms with Crippen molar-refractivity contribution in [2.75, 3.05) is 21.3 Å². The van der Waals surface area contributed by atoms with E-state index in [1.54, 1.807) is 39.5 Å². The zero-order chi connectivity index (χ0) is 20.0. The molecule has 144 valence electrons. The van der Waals surface area contributed by atoms with Gasteiger partial charge in [-0.05, 0) is 50.1 Å². The summed E-state index contributed by atoms with van der Waals surface area (Å²) < 4.78 is 16.0. The van der Waals surface area contributed by atoms with Crippen LogP contribution >= 0.6 is 0 Å². The van der Waals surface area contributed by atoms with Gasteiger partial charge in [0.1, 0.15) is 0 Å². The molecule has 2 aromatic rings. The molecule has 1 unspecified atom stereocenters. The Bertz CT molecular complexity index is 797. The third kappa shape index (κ3) is 5.26. The molecule has 0 bridgehead atoms. The molecule has 5 heteroatoms. The number of rotatable bonds is 7. The van der Waals surface area contributed by atoms with E-state index in [2.05, 4.69) is 37.4 Å². The molecule has 2 rings (SSSR count). The third-order valence-electron chi connectivity index (χ3n) is 4.22. The predicted octanol–water partition coefficient (Wildman–Crippen LogP) is 4.22. The number of amides is 1.